The molecule has 1 saturated heterocycles. The Bertz CT molecular complexity index is 657. The predicted octanol–water partition coefficient (Wildman–Crippen LogP) is 1.60. The van der Waals surface area contributed by atoms with Gasteiger partial charge in [0.2, 0.25) is 10.0 Å². The van der Waals surface area contributed by atoms with Gasteiger partial charge in [-0.2, -0.15) is 0 Å². The molecule has 1 aliphatic heterocycles. The van der Waals surface area contributed by atoms with Crippen molar-refractivity contribution in [1.29, 1.82) is 0 Å². The molecule has 0 radical (unpaired) electrons. The Morgan fingerprint density at radius 2 is 2.29 bits per heavy atom. The van der Waals surface area contributed by atoms with Crippen LogP contribution in [0.4, 0.5) is 5.69 Å². The predicted molar refractivity (Wildman–Crippen MR) is 81.8 cm³/mol. The van der Waals surface area contributed by atoms with E-state index in [1.165, 1.54) is 6.07 Å². The summed E-state index contributed by atoms with van der Waals surface area (Å²) in [6.45, 7) is 0.343. The molecule has 1 fully saturated rings. The van der Waals surface area contributed by atoms with Crippen LogP contribution >= 0.6 is 11.6 Å². The summed E-state index contributed by atoms with van der Waals surface area (Å²) < 4.78 is 32.0. The van der Waals surface area contributed by atoms with Gasteiger partial charge in [-0.25, -0.2) is 8.42 Å². The monoisotopic (exact) mass is 329 g/mol. The smallest absolute Gasteiger partial charge is 0.235 e. The number of ether oxygens (including phenoxy) is 1. The van der Waals surface area contributed by atoms with Gasteiger partial charge in [0.15, 0.2) is 0 Å². The topological polar surface area (TPSA) is 75.6 Å². The molecule has 0 bridgehead atoms. The van der Waals surface area contributed by atoms with E-state index in [2.05, 4.69) is 16.6 Å². The highest BCUT2D eigenvalue weighted by atomic mass is 35.5. The van der Waals surface area contributed by atoms with E-state index in [0.717, 1.165) is 12.8 Å². The number of aliphatic hydroxyl groups is 1. The molecule has 0 amide bonds. The van der Waals surface area contributed by atoms with E-state index in [1.54, 1.807) is 12.1 Å². The molecule has 1 atom stereocenters. The van der Waals surface area contributed by atoms with Crippen LogP contribution in [0, 0.1) is 11.8 Å². The number of nitrogens with one attached hydrogen (secondary N) is 1. The van der Waals surface area contributed by atoms with Crippen LogP contribution in [-0.2, 0) is 14.8 Å². The fraction of sp³-hybridized carbons (Fsp3) is 0.429. The number of hydrogen-bond donors (Lipinski definition) is 2. The van der Waals surface area contributed by atoms with Crippen molar-refractivity contribution in [2.45, 2.75) is 18.9 Å². The molecule has 5 nitrogen and oxygen atoms in total. The lowest BCUT2D eigenvalue weighted by atomic mass is 10.2. The van der Waals surface area contributed by atoms with Crippen LogP contribution in [0.5, 0.6) is 0 Å². The van der Waals surface area contributed by atoms with Gasteiger partial charge in [-0.3, -0.25) is 4.72 Å². The number of rotatable bonds is 4. The van der Waals surface area contributed by atoms with Crippen molar-refractivity contribution < 1.29 is 18.3 Å². The van der Waals surface area contributed by atoms with Gasteiger partial charge in [-0.15, -0.1) is 0 Å². The Hall–Kier alpha value is -1.26. The summed E-state index contributed by atoms with van der Waals surface area (Å²) in [5.74, 6) is 5.11. The lowest BCUT2D eigenvalue weighted by Crippen LogP contribution is -2.25. The summed E-state index contributed by atoms with van der Waals surface area (Å²) in [5, 5.41) is 8.96. The zero-order valence-electron chi connectivity index (χ0n) is 11.3. The van der Waals surface area contributed by atoms with E-state index >= 15 is 0 Å². The normalized spacial score (nSPS) is 18.1. The van der Waals surface area contributed by atoms with Crippen molar-refractivity contribution in [1.82, 2.24) is 0 Å². The maximum Gasteiger partial charge on any atom is 0.235 e. The standard InChI is InChI=1S/C14H16ClNO4S/c15-13-6-5-11(3-1-7-17)9-14(13)16-21(18,19)10-12-4-2-8-20-12/h5-6,9,12,16-17H,2,4,7-8,10H2. The minimum absolute atomic E-state index is 0.0874. The molecule has 1 aliphatic rings. The third kappa shape index (κ3) is 4.90. The average Bonchev–Trinajstić information content (AvgIpc) is 2.91. The van der Waals surface area contributed by atoms with E-state index in [9.17, 15) is 8.42 Å². The molecule has 114 valence electrons. The van der Waals surface area contributed by atoms with Gasteiger partial charge in [0.1, 0.15) is 6.61 Å². The first-order valence-electron chi connectivity index (χ1n) is 6.51. The molecule has 0 saturated carbocycles. The molecule has 1 aromatic rings. The molecular weight excluding hydrogens is 314 g/mol. The number of sulfonamides is 1. The minimum atomic E-state index is -3.53. The fourth-order valence-corrected chi connectivity index (χ4v) is 3.61. The molecule has 2 N–H and O–H groups in total. The fourth-order valence-electron chi connectivity index (χ4n) is 2.05. The molecule has 0 aliphatic carbocycles. The van der Waals surface area contributed by atoms with E-state index in [-0.39, 0.29) is 24.2 Å². The highest BCUT2D eigenvalue weighted by Gasteiger charge is 2.23. The first-order chi connectivity index (χ1) is 10.00. The Kier molecular flexibility index (Phi) is 5.48. The van der Waals surface area contributed by atoms with E-state index in [0.29, 0.717) is 17.2 Å². The third-order valence-corrected chi connectivity index (χ3v) is 4.64. The SMILES string of the molecule is O=S(=O)(CC1CCCO1)Nc1cc(C#CCO)ccc1Cl. The lowest BCUT2D eigenvalue weighted by Gasteiger charge is -2.13. The van der Waals surface area contributed by atoms with Gasteiger partial charge in [0.25, 0.3) is 0 Å². The van der Waals surface area contributed by atoms with Crippen molar-refractivity contribution in [2.75, 3.05) is 23.7 Å². The van der Waals surface area contributed by atoms with Crippen LogP contribution in [0.3, 0.4) is 0 Å². The summed E-state index contributed by atoms with van der Waals surface area (Å²) in [7, 11) is -3.53. The van der Waals surface area contributed by atoms with Crippen molar-refractivity contribution in [3.8, 4) is 11.8 Å². The number of halogens is 1. The number of aliphatic hydroxyl groups excluding tert-OH is 1. The minimum Gasteiger partial charge on any atom is -0.384 e. The molecule has 1 unspecified atom stereocenters. The van der Waals surface area contributed by atoms with Crippen LogP contribution in [0.2, 0.25) is 5.02 Å². The van der Waals surface area contributed by atoms with Crippen LogP contribution in [0.25, 0.3) is 0 Å². The first-order valence-corrected chi connectivity index (χ1v) is 8.54. The van der Waals surface area contributed by atoms with E-state index < -0.39 is 10.0 Å². The summed E-state index contributed by atoms with van der Waals surface area (Å²) in [5.41, 5.74) is 0.850. The van der Waals surface area contributed by atoms with Crippen LogP contribution in [-0.4, -0.2) is 38.6 Å². The zero-order chi connectivity index (χ0) is 15.3. The summed E-state index contributed by atoms with van der Waals surface area (Å²) in [6, 6.07) is 4.76. The second kappa shape index (κ2) is 7.14. The number of benzene rings is 1. The third-order valence-electron chi connectivity index (χ3n) is 2.97. The molecule has 1 aromatic carbocycles. The van der Waals surface area contributed by atoms with Crippen molar-refractivity contribution in [2.24, 2.45) is 0 Å². The van der Waals surface area contributed by atoms with E-state index in [1.807, 2.05) is 0 Å². The van der Waals surface area contributed by atoms with Crippen molar-refractivity contribution >= 4 is 27.3 Å². The highest BCUT2D eigenvalue weighted by Crippen LogP contribution is 2.24. The van der Waals surface area contributed by atoms with Gasteiger partial charge < -0.3 is 9.84 Å². The zero-order valence-corrected chi connectivity index (χ0v) is 12.9. The molecule has 7 heteroatoms. The maximum atomic E-state index is 12.1. The quantitative estimate of drug-likeness (QED) is 0.823. The van der Waals surface area contributed by atoms with Gasteiger partial charge >= 0.3 is 0 Å². The Labute approximate surface area is 129 Å². The lowest BCUT2D eigenvalue weighted by molar-refractivity contribution is 0.127. The molecule has 21 heavy (non-hydrogen) atoms. The van der Waals surface area contributed by atoms with E-state index in [4.69, 9.17) is 21.4 Å². The van der Waals surface area contributed by atoms with Crippen LogP contribution in [0.1, 0.15) is 18.4 Å². The maximum absolute atomic E-state index is 12.1. The first kappa shape index (κ1) is 16.1. The summed E-state index contributed by atoms with van der Waals surface area (Å²) in [6.07, 6.45) is 1.36. The van der Waals surface area contributed by atoms with Crippen LogP contribution in [0.15, 0.2) is 18.2 Å². The average molecular weight is 330 g/mol. The van der Waals surface area contributed by atoms with Gasteiger partial charge in [0.05, 0.1) is 22.6 Å². The van der Waals surface area contributed by atoms with Crippen molar-refractivity contribution in [3.05, 3.63) is 28.8 Å². The van der Waals surface area contributed by atoms with Crippen LogP contribution < -0.4 is 4.72 Å². The number of hydrogen-bond acceptors (Lipinski definition) is 4. The molecule has 0 aromatic heterocycles. The Morgan fingerprint density at radius 1 is 1.48 bits per heavy atom. The molecule has 1 heterocycles. The molecule has 2 rings (SSSR count). The van der Waals surface area contributed by atoms with Gasteiger partial charge in [-0.1, -0.05) is 23.4 Å². The summed E-state index contributed by atoms with van der Waals surface area (Å²) in [4.78, 5) is 0. The molecule has 0 spiro atoms. The second-order valence-corrected chi connectivity index (χ2v) is 6.85. The largest absolute Gasteiger partial charge is 0.384 e. The van der Waals surface area contributed by atoms with Gasteiger partial charge in [0, 0.05) is 12.2 Å². The van der Waals surface area contributed by atoms with Crippen molar-refractivity contribution in [3.63, 3.8) is 0 Å². The Balaban J connectivity index is 2.13. The second-order valence-electron chi connectivity index (χ2n) is 4.67. The highest BCUT2D eigenvalue weighted by molar-refractivity contribution is 7.92. The van der Waals surface area contributed by atoms with Gasteiger partial charge in [-0.05, 0) is 31.0 Å². The Morgan fingerprint density at radius 3 is 2.95 bits per heavy atom. The number of anilines is 1. The summed E-state index contributed by atoms with van der Waals surface area (Å²) >= 11 is 6.00. The molecular formula is C14H16ClNO4S.